The van der Waals surface area contributed by atoms with Crippen molar-refractivity contribution in [3.05, 3.63) is 157 Å². The van der Waals surface area contributed by atoms with Crippen molar-refractivity contribution in [1.29, 1.82) is 0 Å². The summed E-state index contributed by atoms with van der Waals surface area (Å²) >= 11 is 0. The molecule has 0 saturated heterocycles. The summed E-state index contributed by atoms with van der Waals surface area (Å²) in [6.45, 7) is 17.0. The molecule has 0 spiro atoms. The zero-order valence-corrected chi connectivity index (χ0v) is 22.5. The van der Waals surface area contributed by atoms with Gasteiger partial charge in [-0.05, 0) is 84.2 Å². The van der Waals surface area contributed by atoms with Crippen molar-refractivity contribution in [2.45, 2.75) is 6.04 Å². The molecule has 1 atom stereocenters. The molecule has 0 radical (unpaired) electrons. The molecule has 5 aromatic carbocycles. The SMILES string of the molecule is C=Cc1c(-c2ccc(C3C=CN3)cc2)ccc(-c2c(C=C)c(C=C)c(-c3ccccc3)c3ccccc23)c1C=C. The fraction of sp³-hybridized carbons (Fsp3) is 0.0256. The summed E-state index contributed by atoms with van der Waals surface area (Å²) in [6.07, 6.45) is 12.0. The Morgan fingerprint density at radius 1 is 0.500 bits per heavy atom. The summed E-state index contributed by atoms with van der Waals surface area (Å²) in [5.41, 5.74) is 12.3. The standard InChI is InChI=1S/C39H31N/c1-5-29-30(6-2)36(23-22-33(29)26-18-20-27(21-19-26)37-24-25-40-37)39-32(8-4)31(7-3)38(28-14-10-9-11-15-28)34-16-12-13-17-35(34)39/h5-25,37,40H,1-4H2. The average molecular weight is 514 g/mol. The Bertz CT molecular complexity index is 1820. The van der Waals surface area contributed by atoms with E-state index in [9.17, 15) is 0 Å². The fourth-order valence-electron chi connectivity index (χ4n) is 5.92. The van der Waals surface area contributed by atoms with Gasteiger partial charge >= 0.3 is 0 Å². The van der Waals surface area contributed by atoms with E-state index < -0.39 is 0 Å². The summed E-state index contributed by atoms with van der Waals surface area (Å²) in [5.74, 6) is 0. The smallest absolute Gasteiger partial charge is 0.0709 e. The Labute approximate surface area is 236 Å². The van der Waals surface area contributed by atoms with Crippen LogP contribution in [0, 0.1) is 0 Å². The fourth-order valence-corrected chi connectivity index (χ4v) is 5.92. The minimum atomic E-state index is 0.294. The lowest BCUT2D eigenvalue weighted by Crippen LogP contribution is -2.20. The highest BCUT2D eigenvalue weighted by Crippen LogP contribution is 2.45. The Morgan fingerprint density at radius 2 is 1.02 bits per heavy atom. The van der Waals surface area contributed by atoms with Crippen LogP contribution in [0.3, 0.4) is 0 Å². The first-order chi connectivity index (χ1) is 19.7. The summed E-state index contributed by atoms with van der Waals surface area (Å²) in [6, 6.07) is 32.6. The van der Waals surface area contributed by atoms with Crippen molar-refractivity contribution in [3.8, 4) is 33.4 Å². The summed E-state index contributed by atoms with van der Waals surface area (Å²) < 4.78 is 0. The van der Waals surface area contributed by atoms with Gasteiger partial charge in [-0.1, -0.05) is 142 Å². The van der Waals surface area contributed by atoms with Crippen molar-refractivity contribution >= 4 is 35.1 Å². The van der Waals surface area contributed by atoms with Gasteiger partial charge in [0.15, 0.2) is 0 Å². The number of benzene rings is 5. The number of rotatable bonds is 8. The maximum atomic E-state index is 4.26. The van der Waals surface area contributed by atoms with E-state index in [2.05, 4.69) is 123 Å². The Balaban J connectivity index is 1.62. The van der Waals surface area contributed by atoms with E-state index in [-0.39, 0.29) is 0 Å². The van der Waals surface area contributed by atoms with Crippen molar-refractivity contribution in [1.82, 2.24) is 5.32 Å². The molecule has 1 heteroatoms. The maximum Gasteiger partial charge on any atom is 0.0709 e. The average Bonchev–Trinajstić information content (AvgIpc) is 2.99. The number of hydrogen-bond acceptors (Lipinski definition) is 1. The monoisotopic (exact) mass is 513 g/mol. The second-order valence-corrected chi connectivity index (χ2v) is 9.92. The maximum absolute atomic E-state index is 4.26. The van der Waals surface area contributed by atoms with E-state index in [4.69, 9.17) is 0 Å². The Hall–Kier alpha value is -5.14. The van der Waals surface area contributed by atoms with Crippen LogP contribution in [0.2, 0.25) is 0 Å². The third-order valence-electron chi connectivity index (χ3n) is 7.88. The van der Waals surface area contributed by atoms with Gasteiger partial charge in [0.25, 0.3) is 0 Å². The molecule has 0 saturated carbocycles. The van der Waals surface area contributed by atoms with E-state index in [0.29, 0.717) is 6.04 Å². The lowest BCUT2D eigenvalue weighted by Gasteiger charge is -2.23. The van der Waals surface area contributed by atoms with Crippen molar-refractivity contribution in [2.75, 3.05) is 0 Å². The van der Waals surface area contributed by atoms with Gasteiger partial charge in [0.05, 0.1) is 6.04 Å². The van der Waals surface area contributed by atoms with E-state index in [1.165, 1.54) is 16.5 Å². The quantitative estimate of drug-likeness (QED) is 0.218. The first-order valence-electron chi connectivity index (χ1n) is 13.5. The van der Waals surface area contributed by atoms with Crippen LogP contribution in [0.4, 0.5) is 0 Å². The van der Waals surface area contributed by atoms with Crippen LogP contribution in [-0.2, 0) is 0 Å². The zero-order valence-electron chi connectivity index (χ0n) is 22.5. The van der Waals surface area contributed by atoms with Gasteiger partial charge in [-0.25, -0.2) is 0 Å². The molecular weight excluding hydrogens is 482 g/mol. The molecule has 0 bridgehead atoms. The van der Waals surface area contributed by atoms with Gasteiger partial charge in [-0.15, -0.1) is 0 Å². The molecule has 0 aliphatic carbocycles. The van der Waals surface area contributed by atoms with Gasteiger partial charge in [0.2, 0.25) is 0 Å². The molecule has 1 unspecified atom stereocenters. The van der Waals surface area contributed by atoms with Crippen molar-refractivity contribution in [2.24, 2.45) is 0 Å². The second kappa shape index (κ2) is 10.6. The predicted molar refractivity (Wildman–Crippen MR) is 176 cm³/mol. The Morgan fingerprint density at radius 3 is 1.60 bits per heavy atom. The summed E-state index contributed by atoms with van der Waals surface area (Å²) in [7, 11) is 0. The van der Waals surface area contributed by atoms with Crippen LogP contribution < -0.4 is 5.32 Å². The summed E-state index contributed by atoms with van der Waals surface area (Å²) in [4.78, 5) is 0. The Kier molecular flexibility index (Phi) is 6.64. The van der Waals surface area contributed by atoms with E-state index in [1.54, 1.807) is 0 Å². The highest BCUT2D eigenvalue weighted by molar-refractivity contribution is 6.12. The molecule has 1 aliphatic rings. The van der Waals surface area contributed by atoms with E-state index in [0.717, 1.165) is 55.5 Å². The topological polar surface area (TPSA) is 12.0 Å². The highest BCUT2D eigenvalue weighted by Gasteiger charge is 2.21. The lowest BCUT2D eigenvalue weighted by molar-refractivity contribution is 0.686. The molecule has 1 heterocycles. The molecule has 1 N–H and O–H groups in total. The third-order valence-corrected chi connectivity index (χ3v) is 7.88. The van der Waals surface area contributed by atoms with Crippen LogP contribution in [0.5, 0.6) is 0 Å². The third kappa shape index (κ3) is 4.04. The van der Waals surface area contributed by atoms with Crippen LogP contribution in [0.1, 0.15) is 33.9 Å². The molecule has 6 rings (SSSR count). The largest absolute Gasteiger partial charge is 0.381 e. The van der Waals surface area contributed by atoms with Gasteiger partial charge in [-0.2, -0.15) is 0 Å². The molecule has 0 aromatic heterocycles. The zero-order chi connectivity index (χ0) is 27.6. The molecule has 0 fully saturated rings. The van der Waals surface area contributed by atoms with Crippen LogP contribution in [0.25, 0.3) is 68.5 Å². The van der Waals surface area contributed by atoms with Gasteiger partial charge in [0.1, 0.15) is 0 Å². The molecule has 1 aliphatic heterocycles. The molecule has 5 aromatic rings. The molecule has 1 nitrogen and oxygen atoms in total. The molecule has 192 valence electrons. The normalized spacial score (nSPS) is 13.8. The van der Waals surface area contributed by atoms with Crippen LogP contribution >= 0.6 is 0 Å². The van der Waals surface area contributed by atoms with Crippen LogP contribution in [-0.4, -0.2) is 0 Å². The second-order valence-electron chi connectivity index (χ2n) is 9.92. The number of hydrogen-bond donors (Lipinski definition) is 1. The summed E-state index contributed by atoms with van der Waals surface area (Å²) in [5, 5.41) is 5.65. The minimum Gasteiger partial charge on any atom is -0.381 e. The number of nitrogens with one attached hydrogen (secondary N) is 1. The van der Waals surface area contributed by atoms with Gasteiger partial charge in [0, 0.05) is 0 Å². The van der Waals surface area contributed by atoms with E-state index >= 15 is 0 Å². The molecule has 40 heavy (non-hydrogen) atoms. The molecule has 0 amide bonds. The van der Waals surface area contributed by atoms with Crippen LogP contribution in [0.15, 0.2) is 130 Å². The lowest BCUT2D eigenvalue weighted by atomic mass is 9.80. The number of fused-ring (bicyclic) bond motifs is 1. The van der Waals surface area contributed by atoms with Crippen molar-refractivity contribution < 1.29 is 0 Å². The van der Waals surface area contributed by atoms with Gasteiger partial charge in [-0.3, -0.25) is 0 Å². The minimum absolute atomic E-state index is 0.294. The highest BCUT2D eigenvalue weighted by atomic mass is 14.9. The molecular formula is C39H31N. The first-order valence-corrected chi connectivity index (χ1v) is 13.5. The van der Waals surface area contributed by atoms with Crippen molar-refractivity contribution in [3.63, 3.8) is 0 Å². The van der Waals surface area contributed by atoms with Gasteiger partial charge < -0.3 is 5.32 Å². The predicted octanol–water partition coefficient (Wildman–Crippen LogP) is 10.6. The first kappa shape index (κ1) is 25.2. The van der Waals surface area contributed by atoms with E-state index in [1.807, 2.05) is 36.6 Å².